The monoisotopic (exact) mass is 287 g/mol. The number of rotatable bonds is 6. The maximum Gasteiger partial charge on any atom is 0.166 e. The maximum atomic E-state index is 13.8. The zero-order valence-corrected chi connectivity index (χ0v) is 11.8. The third kappa shape index (κ3) is 4.06. The van der Waals surface area contributed by atoms with Gasteiger partial charge in [0.15, 0.2) is 11.6 Å². The zero-order valence-electron chi connectivity index (χ0n) is 11.0. The Labute approximate surface area is 118 Å². The van der Waals surface area contributed by atoms with E-state index in [0.717, 1.165) is 19.5 Å². The van der Waals surface area contributed by atoms with Crippen molar-refractivity contribution in [1.82, 2.24) is 5.32 Å². The van der Waals surface area contributed by atoms with Crippen molar-refractivity contribution in [3.63, 3.8) is 0 Å². The van der Waals surface area contributed by atoms with Gasteiger partial charge in [0.2, 0.25) is 0 Å². The molecule has 106 valence electrons. The summed E-state index contributed by atoms with van der Waals surface area (Å²) in [4.78, 5) is 0. The van der Waals surface area contributed by atoms with Gasteiger partial charge < -0.3 is 14.8 Å². The lowest BCUT2D eigenvalue weighted by Crippen LogP contribution is -2.33. The Bertz CT molecular complexity index is 410. The second-order valence-electron chi connectivity index (χ2n) is 4.64. The van der Waals surface area contributed by atoms with Gasteiger partial charge in [0.1, 0.15) is 6.10 Å². The molecule has 1 unspecified atom stereocenters. The van der Waals surface area contributed by atoms with Crippen molar-refractivity contribution >= 4 is 11.6 Å². The van der Waals surface area contributed by atoms with E-state index < -0.39 is 5.82 Å². The molecule has 1 aliphatic heterocycles. The van der Waals surface area contributed by atoms with Crippen LogP contribution >= 0.6 is 11.6 Å². The minimum Gasteiger partial charge on any atom is -0.485 e. The van der Waals surface area contributed by atoms with Crippen LogP contribution in [0.15, 0.2) is 18.2 Å². The van der Waals surface area contributed by atoms with Crippen LogP contribution in [0.25, 0.3) is 0 Å². The molecule has 1 aromatic rings. The number of benzene rings is 1. The highest BCUT2D eigenvalue weighted by atomic mass is 35.5. The summed E-state index contributed by atoms with van der Waals surface area (Å²) in [6.07, 6.45) is 0.887. The van der Waals surface area contributed by atoms with E-state index in [9.17, 15) is 4.39 Å². The predicted octanol–water partition coefficient (Wildman–Crippen LogP) is 2.87. The topological polar surface area (TPSA) is 30.5 Å². The smallest absolute Gasteiger partial charge is 0.166 e. The van der Waals surface area contributed by atoms with Crippen LogP contribution in [0.4, 0.5) is 4.39 Å². The highest BCUT2D eigenvalue weighted by molar-refractivity contribution is 6.30. The van der Waals surface area contributed by atoms with Crippen molar-refractivity contribution in [3.05, 3.63) is 29.0 Å². The lowest BCUT2D eigenvalue weighted by Gasteiger charge is -2.24. The van der Waals surface area contributed by atoms with E-state index in [0.29, 0.717) is 24.2 Å². The average molecular weight is 288 g/mol. The second kappa shape index (κ2) is 7.08. The van der Waals surface area contributed by atoms with Crippen LogP contribution in [0.2, 0.25) is 5.02 Å². The van der Waals surface area contributed by atoms with Crippen molar-refractivity contribution in [3.8, 4) is 5.75 Å². The summed E-state index contributed by atoms with van der Waals surface area (Å²) in [5.41, 5.74) is 0. The van der Waals surface area contributed by atoms with E-state index in [-0.39, 0.29) is 11.9 Å². The minimum absolute atomic E-state index is 0.134. The lowest BCUT2D eigenvalue weighted by atomic mass is 10.0. The summed E-state index contributed by atoms with van der Waals surface area (Å²) >= 11 is 5.73. The van der Waals surface area contributed by atoms with Crippen LogP contribution in [-0.2, 0) is 4.74 Å². The molecule has 0 bridgehead atoms. The molecule has 0 amide bonds. The van der Waals surface area contributed by atoms with Crippen molar-refractivity contribution < 1.29 is 13.9 Å². The standard InChI is InChI=1S/C14H19ClFNO2/c1-2-18-9-14(10-5-6-17-8-10)19-13-4-3-11(15)7-12(13)16/h3-4,7,10,14,17H,2,5-6,8-9H2,1H3/t10?,14-/m0/s1. The molecule has 5 heteroatoms. The van der Waals surface area contributed by atoms with Gasteiger partial charge in [-0.25, -0.2) is 4.39 Å². The molecule has 3 nitrogen and oxygen atoms in total. The normalized spacial score (nSPS) is 20.5. The van der Waals surface area contributed by atoms with Crippen LogP contribution in [0, 0.1) is 11.7 Å². The Morgan fingerprint density at radius 3 is 3.00 bits per heavy atom. The first-order valence-electron chi connectivity index (χ1n) is 6.61. The molecule has 1 heterocycles. The van der Waals surface area contributed by atoms with Gasteiger partial charge >= 0.3 is 0 Å². The van der Waals surface area contributed by atoms with Crippen molar-refractivity contribution in [2.45, 2.75) is 19.4 Å². The van der Waals surface area contributed by atoms with Crippen LogP contribution in [0.3, 0.4) is 0 Å². The van der Waals surface area contributed by atoms with Gasteiger partial charge in [-0.2, -0.15) is 0 Å². The van der Waals surface area contributed by atoms with Crippen LogP contribution in [-0.4, -0.2) is 32.4 Å². The van der Waals surface area contributed by atoms with Gasteiger partial charge in [-0.3, -0.25) is 0 Å². The zero-order chi connectivity index (χ0) is 13.7. The summed E-state index contributed by atoms with van der Waals surface area (Å²) in [7, 11) is 0. The highest BCUT2D eigenvalue weighted by Crippen LogP contribution is 2.25. The molecule has 0 saturated carbocycles. The van der Waals surface area contributed by atoms with Crippen molar-refractivity contribution in [1.29, 1.82) is 0 Å². The fraction of sp³-hybridized carbons (Fsp3) is 0.571. The van der Waals surface area contributed by atoms with Crippen molar-refractivity contribution in [2.75, 3.05) is 26.3 Å². The number of nitrogens with one attached hydrogen (secondary N) is 1. The molecule has 1 aromatic carbocycles. The Kier molecular flexibility index (Phi) is 5.43. The Morgan fingerprint density at radius 2 is 2.37 bits per heavy atom. The first kappa shape index (κ1) is 14.6. The van der Waals surface area contributed by atoms with E-state index in [4.69, 9.17) is 21.1 Å². The fourth-order valence-corrected chi connectivity index (χ4v) is 2.39. The SMILES string of the molecule is CCOC[C@H](Oc1ccc(Cl)cc1F)C1CCNC1. The molecule has 0 radical (unpaired) electrons. The van der Waals surface area contributed by atoms with Gasteiger partial charge in [-0.1, -0.05) is 11.6 Å². The first-order valence-corrected chi connectivity index (χ1v) is 6.98. The average Bonchev–Trinajstić information content (AvgIpc) is 2.90. The maximum absolute atomic E-state index is 13.8. The molecule has 1 saturated heterocycles. The van der Waals surface area contributed by atoms with E-state index in [2.05, 4.69) is 5.32 Å². The lowest BCUT2D eigenvalue weighted by molar-refractivity contribution is 0.0271. The molecule has 2 atom stereocenters. The molecule has 19 heavy (non-hydrogen) atoms. The predicted molar refractivity (Wildman–Crippen MR) is 73.3 cm³/mol. The van der Waals surface area contributed by atoms with E-state index in [1.165, 1.54) is 6.07 Å². The molecular weight excluding hydrogens is 269 g/mol. The van der Waals surface area contributed by atoms with Gasteiger partial charge in [-0.05, 0) is 38.1 Å². The number of hydrogen-bond donors (Lipinski definition) is 1. The minimum atomic E-state index is -0.431. The summed E-state index contributed by atoms with van der Waals surface area (Å²) in [5.74, 6) is 0.155. The van der Waals surface area contributed by atoms with Crippen LogP contribution in [0.5, 0.6) is 5.75 Å². The fourth-order valence-electron chi connectivity index (χ4n) is 2.23. The molecule has 0 aliphatic carbocycles. The van der Waals surface area contributed by atoms with E-state index >= 15 is 0 Å². The van der Waals surface area contributed by atoms with Gasteiger partial charge in [0.05, 0.1) is 6.61 Å². The van der Waals surface area contributed by atoms with E-state index in [1.54, 1.807) is 12.1 Å². The second-order valence-corrected chi connectivity index (χ2v) is 5.08. The Balaban J connectivity index is 2.05. The number of hydrogen-bond acceptors (Lipinski definition) is 3. The molecule has 1 fully saturated rings. The molecule has 1 N–H and O–H groups in total. The third-order valence-corrected chi connectivity index (χ3v) is 3.52. The molecule has 1 aliphatic rings. The molecule has 2 rings (SSSR count). The van der Waals surface area contributed by atoms with Gasteiger partial charge in [0, 0.05) is 24.1 Å². The van der Waals surface area contributed by atoms with E-state index in [1.807, 2.05) is 6.92 Å². The number of halogens is 2. The molecule has 0 spiro atoms. The summed E-state index contributed by atoms with van der Waals surface area (Å²) in [6, 6.07) is 4.46. The molecule has 0 aromatic heterocycles. The summed E-state index contributed by atoms with van der Waals surface area (Å²) in [5, 5.41) is 3.66. The first-order chi connectivity index (χ1) is 9.20. The van der Waals surface area contributed by atoms with Crippen LogP contribution in [0.1, 0.15) is 13.3 Å². The van der Waals surface area contributed by atoms with Gasteiger partial charge in [0.25, 0.3) is 0 Å². The van der Waals surface area contributed by atoms with Gasteiger partial charge in [-0.15, -0.1) is 0 Å². The van der Waals surface area contributed by atoms with Crippen molar-refractivity contribution in [2.24, 2.45) is 5.92 Å². The quantitative estimate of drug-likeness (QED) is 0.873. The highest BCUT2D eigenvalue weighted by Gasteiger charge is 2.27. The van der Waals surface area contributed by atoms with Crippen LogP contribution < -0.4 is 10.1 Å². The summed E-state index contributed by atoms with van der Waals surface area (Å²) in [6.45, 7) is 4.90. The number of ether oxygens (including phenoxy) is 2. The summed E-state index contributed by atoms with van der Waals surface area (Å²) < 4.78 is 25.0. The largest absolute Gasteiger partial charge is 0.485 e. The Hall–Kier alpha value is -0.840. The molecular formula is C14H19ClFNO2. The third-order valence-electron chi connectivity index (χ3n) is 3.28. The Morgan fingerprint density at radius 1 is 1.53 bits per heavy atom.